The van der Waals surface area contributed by atoms with Gasteiger partial charge in [0.15, 0.2) is 31.2 Å². The van der Waals surface area contributed by atoms with Crippen LogP contribution in [0.3, 0.4) is 0 Å². The van der Waals surface area contributed by atoms with E-state index in [4.69, 9.17) is 27.1 Å². The molecule has 0 aromatic heterocycles. The molecule has 8 nitrogen and oxygen atoms in total. The summed E-state index contributed by atoms with van der Waals surface area (Å²) in [6.45, 7) is 57.8. The maximum absolute atomic E-state index is 13.8. The fourth-order valence-electron chi connectivity index (χ4n) is 9.03. The Labute approximate surface area is 529 Å². The van der Waals surface area contributed by atoms with Gasteiger partial charge < -0.3 is 22.9 Å². The van der Waals surface area contributed by atoms with Gasteiger partial charge >= 0.3 is 7.82 Å². The number of phosphoric acid groups is 1. The SMILES string of the molecule is CC(C)=CCC/C(C)=C/CC/C(C)=C/CC/C(C)=C/CC/C(C)=C/CC/C(C)=C/CC/C(C)=C/CC/C(C)=C/CC/C(C)=C/CC/C(C)=C/COP(=O)(O)O[C@@H]1O[C@H](CO[Si](C)(C)C(C)(C)C)[C@@H](O[Si](C)(C)C(C)(C)C)[C@@H]1O[Si](C)(C)C(C)(C)C. The summed E-state index contributed by atoms with van der Waals surface area (Å²) in [5, 5.41) is -0.263. The Balaban J connectivity index is 2.63. The predicted octanol–water partition coefficient (Wildman–Crippen LogP) is 24.2. The van der Waals surface area contributed by atoms with Crippen LogP contribution in [-0.2, 0) is 31.6 Å². The summed E-state index contributed by atoms with van der Waals surface area (Å²) in [5.74, 6) is 0. The average Bonchev–Trinajstić information content (AvgIpc) is 3.28. The smallest absolute Gasteiger partial charge is 0.414 e. The lowest BCUT2D eigenvalue weighted by molar-refractivity contribution is -0.124. The number of rotatable bonds is 39. The average molecular weight is 1250 g/mol. The molecule has 0 aliphatic carbocycles. The first-order chi connectivity index (χ1) is 39.1. The minimum atomic E-state index is -4.60. The second kappa shape index (κ2) is 38.6. The molecule has 1 N–H and O–H groups in total. The Morgan fingerprint density at radius 3 is 0.941 bits per heavy atom. The van der Waals surface area contributed by atoms with Crippen molar-refractivity contribution in [2.75, 3.05) is 13.2 Å². The van der Waals surface area contributed by atoms with Gasteiger partial charge in [0.25, 0.3) is 0 Å². The van der Waals surface area contributed by atoms with Crippen LogP contribution in [-0.4, -0.2) is 67.7 Å². The van der Waals surface area contributed by atoms with Crippen molar-refractivity contribution in [3.63, 3.8) is 0 Å². The third-order valence-corrected chi connectivity index (χ3v) is 32.8. The van der Waals surface area contributed by atoms with Crippen LogP contribution < -0.4 is 0 Å². The highest BCUT2D eigenvalue weighted by molar-refractivity contribution is 7.47. The van der Waals surface area contributed by atoms with Crippen molar-refractivity contribution in [1.82, 2.24) is 0 Å². The molecule has 1 fully saturated rings. The van der Waals surface area contributed by atoms with E-state index >= 15 is 0 Å². The minimum Gasteiger partial charge on any atom is -0.414 e. The van der Waals surface area contributed by atoms with Crippen LogP contribution in [0.15, 0.2) is 116 Å². The predicted molar refractivity (Wildman–Crippen MR) is 379 cm³/mol. The molecule has 0 amide bonds. The standard InChI is InChI=1S/C73H133O8PSi3/c1-57(2)36-27-37-58(3)38-28-39-59(4)40-29-41-60(5)42-30-43-61(6)44-31-45-62(7)46-32-47-63(8)48-33-49-64(9)50-34-51-65(10)52-35-53-66(11)54-55-76-82(74,75)79-70-69(81-85(25,26)73(18,19)20)68(80-84(23,24)72(15,16)17)67(78-70)56-77-83(21,22)71(12,13)14/h36,38,40,42,44,46,48,50,52,54,67-70H,27-35,37,39,41,43,45,47,49,51,53,55-56H2,1-26H3,(H,74,75)/b58-38+,59-40+,60-42+,61-44+,62-46+,63-48+,64-50+,65-52+,66-54+/t67-,68-,69+,70+/m1/s1. The highest BCUT2D eigenvalue weighted by Gasteiger charge is 2.56. The van der Waals surface area contributed by atoms with E-state index in [1.807, 2.05) is 13.0 Å². The maximum atomic E-state index is 13.8. The maximum Gasteiger partial charge on any atom is 0.474 e. The second-order valence-corrected chi connectivity index (χ2v) is 46.0. The van der Waals surface area contributed by atoms with E-state index in [-0.39, 0.29) is 28.3 Å². The van der Waals surface area contributed by atoms with E-state index in [0.717, 1.165) is 108 Å². The fourth-order valence-corrected chi connectivity index (χ4v) is 13.4. The molecular formula is C73H133O8PSi3. The third kappa shape index (κ3) is 34.7. The van der Waals surface area contributed by atoms with Gasteiger partial charge in [-0.15, -0.1) is 0 Å². The summed E-state index contributed by atoms with van der Waals surface area (Å²) in [5.41, 5.74) is 14.4. The van der Waals surface area contributed by atoms with Crippen molar-refractivity contribution in [2.45, 2.75) is 333 Å². The molecule has 1 aliphatic heterocycles. The van der Waals surface area contributed by atoms with Gasteiger partial charge in [0.2, 0.25) is 0 Å². The van der Waals surface area contributed by atoms with Gasteiger partial charge in [-0.05, 0) is 246 Å². The van der Waals surface area contributed by atoms with Crippen LogP contribution in [0.25, 0.3) is 0 Å². The number of hydrogen-bond acceptors (Lipinski definition) is 7. The number of ether oxygens (including phenoxy) is 1. The van der Waals surface area contributed by atoms with Gasteiger partial charge in [-0.25, -0.2) is 4.57 Å². The fraction of sp³-hybridized carbons (Fsp3) is 0.726. The molecule has 0 spiro atoms. The lowest BCUT2D eigenvalue weighted by Crippen LogP contribution is -2.55. The molecule has 1 rings (SSSR count). The van der Waals surface area contributed by atoms with Gasteiger partial charge in [-0.2, -0.15) is 0 Å². The van der Waals surface area contributed by atoms with Gasteiger partial charge in [-0.1, -0.05) is 179 Å². The molecule has 12 heteroatoms. The zero-order chi connectivity index (χ0) is 65.0. The van der Waals surface area contributed by atoms with Crippen molar-refractivity contribution in [2.24, 2.45) is 0 Å². The van der Waals surface area contributed by atoms with Crippen LogP contribution >= 0.6 is 7.82 Å². The molecule has 5 atom stereocenters. The molecule has 0 radical (unpaired) electrons. The molecule has 85 heavy (non-hydrogen) atoms. The first-order valence-corrected chi connectivity index (χ1v) is 43.1. The Morgan fingerprint density at radius 1 is 0.412 bits per heavy atom. The summed E-state index contributed by atoms with van der Waals surface area (Å²) < 4.78 is 52.9. The molecule has 1 saturated heterocycles. The lowest BCUT2D eigenvalue weighted by Gasteiger charge is -2.44. The quantitative estimate of drug-likeness (QED) is 0.0370. The van der Waals surface area contributed by atoms with Crippen molar-refractivity contribution < 1.29 is 36.5 Å². The second-order valence-electron chi connectivity index (χ2n) is 30.3. The summed E-state index contributed by atoms with van der Waals surface area (Å²) in [7, 11) is -11.6. The van der Waals surface area contributed by atoms with E-state index < -0.39 is 57.4 Å². The third-order valence-electron chi connectivity index (χ3n) is 18.4. The van der Waals surface area contributed by atoms with E-state index in [2.05, 4.69) is 226 Å². The lowest BCUT2D eigenvalue weighted by atomic mass is 10.0. The van der Waals surface area contributed by atoms with Crippen LogP contribution in [0.2, 0.25) is 54.4 Å². The first-order valence-electron chi connectivity index (χ1n) is 32.9. The molecule has 1 aliphatic rings. The Morgan fingerprint density at radius 2 is 0.671 bits per heavy atom. The van der Waals surface area contributed by atoms with Crippen LogP contribution in [0, 0.1) is 0 Å². The molecule has 1 unspecified atom stereocenters. The zero-order valence-electron chi connectivity index (χ0n) is 60.0. The summed E-state index contributed by atoms with van der Waals surface area (Å²) >= 11 is 0. The monoisotopic (exact) mass is 1250 g/mol. The Hall–Kier alpha value is -2.00. The summed E-state index contributed by atoms with van der Waals surface area (Å²) in [6, 6.07) is 0. The molecular weight excluding hydrogens is 1120 g/mol. The van der Waals surface area contributed by atoms with Gasteiger partial charge in [-0.3, -0.25) is 9.05 Å². The number of allylic oxidation sites excluding steroid dienone is 19. The zero-order valence-corrected chi connectivity index (χ0v) is 63.9. The number of phosphoric ester groups is 1. The van der Waals surface area contributed by atoms with E-state index in [1.165, 1.54) is 63.0 Å². The van der Waals surface area contributed by atoms with Gasteiger partial charge in [0, 0.05) is 0 Å². The topological polar surface area (TPSA) is 92.7 Å². The van der Waals surface area contributed by atoms with Gasteiger partial charge in [0.1, 0.15) is 18.3 Å². The van der Waals surface area contributed by atoms with Crippen molar-refractivity contribution in [3.8, 4) is 0 Å². The molecule has 0 aromatic carbocycles. The Bertz CT molecular complexity index is 2370. The first kappa shape index (κ1) is 81.0. The normalized spacial score (nSPS) is 20.2. The molecule has 0 aromatic rings. The van der Waals surface area contributed by atoms with Crippen molar-refractivity contribution in [1.29, 1.82) is 0 Å². The highest BCUT2D eigenvalue weighted by Crippen LogP contribution is 2.50. The van der Waals surface area contributed by atoms with E-state index in [0.29, 0.717) is 0 Å². The van der Waals surface area contributed by atoms with Crippen LogP contribution in [0.4, 0.5) is 0 Å². The molecule has 0 saturated carbocycles. The summed E-state index contributed by atoms with van der Waals surface area (Å²) in [4.78, 5) is 11.2. The molecule has 0 bridgehead atoms. The van der Waals surface area contributed by atoms with Crippen LogP contribution in [0.1, 0.15) is 254 Å². The van der Waals surface area contributed by atoms with E-state index in [9.17, 15) is 9.46 Å². The van der Waals surface area contributed by atoms with Crippen molar-refractivity contribution >= 4 is 32.8 Å². The van der Waals surface area contributed by atoms with Crippen molar-refractivity contribution in [3.05, 3.63) is 116 Å². The largest absolute Gasteiger partial charge is 0.474 e. The van der Waals surface area contributed by atoms with E-state index in [1.54, 1.807) is 0 Å². The molecule has 1 heterocycles. The number of hydrogen-bond donors (Lipinski definition) is 1. The summed E-state index contributed by atoms with van der Waals surface area (Å²) in [6.07, 6.45) is 40.2. The van der Waals surface area contributed by atoms with Gasteiger partial charge in [0.05, 0.1) is 13.2 Å². The highest BCUT2D eigenvalue weighted by atomic mass is 31.2. The minimum absolute atomic E-state index is 0.0185. The Kier molecular flexibility index (Phi) is 36.8. The molecule has 490 valence electrons. The van der Waals surface area contributed by atoms with Crippen LogP contribution in [0.5, 0.6) is 0 Å².